The average Bonchev–Trinajstić information content (AvgIpc) is 3.24. The Kier molecular flexibility index (Phi) is 5.76. The van der Waals surface area contributed by atoms with Crippen LogP contribution in [0.1, 0.15) is 34.1 Å². The summed E-state index contributed by atoms with van der Waals surface area (Å²) in [7, 11) is 0.361. The van der Waals surface area contributed by atoms with E-state index < -0.39 is 10.0 Å². The minimum absolute atomic E-state index is 0.0316. The molecule has 1 heterocycles. The van der Waals surface area contributed by atoms with Crippen molar-refractivity contribution in [2.75, 3.05) is 20.6 Å². The van der Waals surface area contributed by atoms with Gasteiger partial charge in [-0.2, -0.15) is 0 Å². The van der Waals surface area contributed by atoms with Crippen LogP contribution in [0.25, 0.3) is 0 Å². The molecule has 26 heavy (non-hydrogen) atoms. The average molecular weight is 394 g/mol. The van der Waals surface area contributed by atoms with E-state index in [0.29, 0.717) is 12.1 Å². The van der Waals surface area contributed by atoms with Crippen molar-refractivity contribution in [3.8, 4) is 0 Å². The zero-order chi connectivity index (χ0) is 18.7. The summed E-state index contributed by atoms with van der Waals surface area (Å²) < 4.78 is 27.3. The molecule has 3 rings (SSSR count). The number of hydrogen-bond donors (Lipinski definition) is 2. The molecule has 1 saturated carbocycles. The Bertz CT molecular complexity index is 860. The molecule has 1 aliphatic rings. The standard InChI is InChI=1S/C18H23N3O3S2/c1-21(2)16(17-7-4-10-25-17)12-19-18(22)13-5-3-6-15(11-13)26(23,24)20-14-8-9-14/h3-7,10-11,14,16,20H,8-9,12H2,1-2H3,(H,19,22). The zero-order valence-corrected chi connectivity index (χ0v) is 16.4. The third-order valence-corrected chi connectivity index (χ3v) is 6.75. The van der Waals surface area contributed by atoms with Gasteiger partial charge in [-0.1, -0.05) is 12.1 Å². The molecule has 2 N–H and O–H groups in total. The van der Waals surface area contributed by atoms with E-state index in [9.17, 15) is 13.2 Å². The van der Waals surface area contributed by atoms with E-state index in [-0.39, 0.29) is 22.9 Å². The highest BCUT2D eigenvalue weighted by molar-refractivity contribution is 7.89. The molecule has 1 fully saturated rings. The zero-order valence-electron chi connectivity index (χ0n) is 14.8. The number of carbonyl (C=O) groups is 1. The maximum atomic E-state index is 12.5. The largest absolute Gasteiger partial charge is 0.350 e. The highest BCUT2D eigenvalue weighted by atomic mass is 32.2. The lowest BCUT2D eigenvalue weighted by atomic mass is 10.2. The topological polar surface area (TPSA) is 78.5 Å². The van der Waals surface area contributed by atoms with Gasteiger partial charge < -0.3 is 10.2 Å². The number of likely N-dealkylation sites (N-methyl/N-ethyl adjacent to an activating group) is 1. The minimum Gasteiger partial charge on any atom is -0.350 e. The number of rotatable bonds is 8. The molecule has 0 aliphatic heterocycles. The van der Waals surface area contributed by atoms with E-state index in [1.807, 2.05) is 36.5 Å². The summed E-state index contributed by atoms with van der Waals surface area (Å²) in [5, 5.41) is 4.92. The number of carbonyl (C=O) groups excluding carboxylic acids is 1. The van der Waals surface area contributed by atoms with E-state index in [0.717, 1.165) is 12.8 Å². The van der Waals surface area contributed by atoms with Gasteiger partial charge in [-0.25, -0.2) is 13.1 Å². The predicted molar refractivity (Wildman–Crippen MR) is 103 cm³/mol. The van der Waals surface area contributed by atoms with Gasteiger partial charge in [0.15, 0.2) is 0 Å². The third kappa shape index (κ3) is 4.70. The highest BCUT2D eigenvalue weighted by Crippen LogP contribution is 2.23. The number of benzene rings is 1. The number of nitrogens with one attached hydrogen (secondary N) is 2. The van der Waals surface area contributed by atoms with Crippen LogP contribution in [0.4, 0.5) is 0 Å². The molecule has 1 amide bonds. The molecular weight excluding hydrogens is 370 g/mol. The Balaban J connectivity index is 1.69. The SMILES string of the molecule is CN(C)C(CNC(=O)c1cccc(S(=O)(=O)NC2CC2)c1)c1cccs1. The van der Waals surface area contributed by atoms with Crippen molar-refractivity contribution in [1.82, 2.24) is 14.9 Å². The van der Waals surface area contributed by atoms with Gasteiger partial charge in [0.25, 0.3) is 5.91 Å². The Hall–Kier alpha value is -1.74. The van der Waals surface area contributed by atoms with Gasteiger partial charge in [0.1, 0.15) is 0 Å². The summed E-state index contributed by atoms with van der Waals surface area (Å²) >= 11 is 1.64. The molecule has 0 saturated heterocycles. The quantitative estimate of drug-likeness (QED) is 0.721. The summed E-state index contributed by atoms with van der Waals surface area (Å²) in [6, 6.07) is 10.3. The second kappa shape index (κ2) is 7.87. The van der Waals surface area contributed by atoms with Crippen LogP contribution in [-0.2, 0) is 10.0 Å². The van der Waals surface area contributed by atoms with Crippen molar-refractivity contribution in [3.63, 3.8) is 0 Å². The van der Waals surface area contributed by atoms with Gasteiger partial charge in [-0.3, -0.25) is 4.79 Å². The van der Waals surface area contributed by atoms with Crippen LogP contribution in [0.15, 0.2) is 46.7 Å². The molecule has 8 heteroatoms. The third-order valence-electron chi connectivity index (χ3n) is 4.26. The smallest absolute Gasteiger partial charge is 0.251 e. The van der Waals surface area contributed by atoms with Crippen LogP contribution in [0.3, 0.4) is 0 Å². The van der Waals surface area contributed by atoms with Crippen molar-refractivity contribution in [3.05, 3.63) is 52.2 Å². The first-order valence-corrected chi connectivity index (χ1v) is 10.8. The summed E-state index contributed by atoms with van der Waals surface area (Å²) in [5.74, 6) is -0.281. The van der Waals surface area contributed by atoms with E-state index in [4.69, 9.17) is 0 Å². The van der Waals surface area contributed by atoms with Crippen molar-refractivity contribution in [2.24, 2.45) is 0 Å². The van der Waals surface area contributed by atoms with E-state index in [1.54, 1.807) is 23.5 Å². The lowest BCUT2D eigenvalue weighted by Crippen LogP contribution is -2.34. The summed E-state index contributed by atoms with van der Waals surface area (Å²) in [4.78, 5) is 15.9. The normalized spacial score (nSPS) is 15.8. The Labute approximate surface area is 158 Å². The lowest BCUT2D eigenvalue weighted by Gasteiger charge is -2.23. The Morgan fingerprint density at radius 1 is 1.27 bits per heavy atom. The summed E-state index contributed by atoms with van der Waals surface area (Å²) in [6.07, 6.45) is 1.74. The maximum Gasteiger partial charge on any atom is 0.251 e. The van der Waals surface area contributed by atoms with Crippen LogP contribution < -0.4 is 10.0 Å². The van der Waals surface area contributed by atoms with Gasteiger partial charge in [0, 0.05) is 23.0 Å². The van der Waals surface area contributed by atoms with Crippen LogP contribution in [0, 0.1) is 0 Å². The summed E-state index contributed by atoms with van der Waals surface area (Å²) in [5.41, 5.74) is 0.340. The molecule has 1 aromatic carbocycles. The second-order valence-corrected chi connectivity index (χ2v) is 9.32. The van der Waals surface area contributed by atoms with Crippen LogP contribution >= 0.6 is 11.3 Å². The van der Waals surface area contributed by atoms with Gasteiger partial charge in [-0.15, -0.1) is 11.3 Å². The van der Waals surface area contributed by atoms with Gasteiger partial charge >= 0.3 is 0 Å². The molecule has 1 aromatic heterocycles. The van der Waals surface area contributed by atoms with Gasteiger partial charge in [0.2, 0.25) is 10.0 Å². The molecular formula is C18H23N3O3S2. The first-order chi connectivity index (χ1) is 12.4. The molecule has 2 aromatic rings. The Morgan fingerprint density at radius 3 is 2.65 bits per heavy atom. The van der Waals surface area contributed by atoms with Crippen LogP contribution in [0.2, 0.25) is 0 Å². The van der Waals surface area contributed by atoms with Gasteiger partial charge in [-0.05, 0) is 56.6 Å². The molecule has 6 nitrogen and oxygen atoms in total. The molecule has 1 unspecified atom stereocenters. The molecule has 0 spiro atoms. The molecule has 0 radical (unpaired) electrons. The molecule has 0 bridgehead atoms. The second-order valence-electron chi connectivity index (χ2n) is 6.63. The number of hydrogen-bond acceptors (Lipinski definition) is 5. The lowest BCUT2D eigenvalue weighted by molar-refractivity contribution is 0.0942. The van der Waals surface area contributed by atoms with E-state index in [2.05, 4.69) is 10.0 Å². The van der Waals surface area contributed by atoms with Crippen LogP contribution in [-0.4, -0.2) is 45.9 Å². The van der Waals surface area contributed by atoms with Crippen molar-refractivity contribution in [2.45, 2.75) is 29.8 Å². The first kappa shape index (κ1) is 19.0. The number of nitrogens with zero attached hydrogens (tertiary/aromatic N) is 1. The number of amides is 1. The monoisotopic (exact) mass is 393 g/mol. The summed E-state index contributed by atoms with van der Waals surface area (Å²) in [6.45, 7) is 0.448. The van der Waals surface area contributed by atoms with Crippen molar-refractivity contribution >= 4 is 27.3 Å². The molecule has 1 aliphatic carbocycles. The fourth-order valence-electron chi connectivity index (χ4n) is 2.60. The number of thiophene rings is 1. The minimum atomic E-state index is -3.57. The Morgan fingerprint density at radius 2 is 2.04 bits per heavy atom. The first-order valence-electron chi connectivity index (χ1n) is 8.47. The van der Waals surface area contributed by atoms with Crippen molar-refractivity contribution in [1.29, 1.82) is 0 Å². The predicted octanol–water partition coefficient (Wildman–Crippen LogP) is 2.22. The van der Waals surface area contributed by atoms with Gasteiger partial charge in [0.05, 0.1) is 10.9 Å². The molecule has 140 valence electrons. The maximum absolute atomic E-state index is 12.5. The van der Waals surface area contributed by atoms with Crippen molar-refractivity contribution < 1.29 is 13.2 Å². The fourth-order valence-corrected chi connectivity index (χ4v) is 4.88. The fraction of sp³-hybridized carbons (Fsp3) is 0.389. The van der Waals surface area contributed by atoms with Crippen LogP contribution in [0.5, 0.6) is 0 Å². The molecule has 1 atom stereocenters. The number of sulfonamides is 1. The van der Waals surface area contributed by atoms with E-state index >= 15 is 0 Å². The van der Waals surface area contributed by atoms with E-state index in [1.165, 1.54) is 17.0 Å². The highest BCUT2D eigenvalue weighted by Gasteiger charge is 2.28.